The van der Waals surface area contributed by atoms with E-state index in [2.05, 4.69) is 49.1 Å². The number of hydrogen-bond donors (Lipinski definition) is 1. The molecular formula is C25H22ClN5OS. The Balaban J connectivity index is 1.60. The second-order valence-corrected chi connectivity index (χ2v) is 8.53. The number of aromatic nitrogens is 3. The first kappa shape index (κ1) is 21.4. The van der Waals surface area contributed by atoms with Crippen molar-refractivity contribution in [1.29, 1.82) is 0 Å². The van der Waals surface area contributed by atoms with Gasteiger partial charge in [-0.1, -0.05) is 23.7 Å². The zero-order valence-electron chi connectivity index (χ0n) is 17.9. The Bertz CT molecular complexity index is 1260. The molecule has 1 fully saturated rings. The van der Waals surface area contributed by atoms with Crippen LogP contribution < -0.4 is 15.0 Å². The molecule has 1 saturated heterocycles. The van der Waals surface area contributed by atoms with Gasteiger partial charge in [-0.05, 0) is 66.3 Å². The highest BCUT2D eigenvalue weighted by atomic mass is 35.5. The Morgan fingerprint density at radius 1 is 1.09 bits per heavy atom. The lowest BCUT2D eigenvalue weighted by Crippen LogP contribution is -2.30. The van der Waals surface area contributed by atoms with Gasteiger partial charge in [0, 0.05) is 42.7 Å². The normalized spacial score (nSPS) is 17.8. The third-order valence-corrected chi connectivity index (χ3v) is 6.36. The number of methoxy groups -OCH3 is 1. The quantitative estimate of drug-likeness (QED) is 0.388. The van der Waals surface area contributed by atoms with E-state index in [1.807, 2.05) is 48.7 Å². The number of halogens is 1. The smallest absolute Gasteiger partial charge is 0.174 e. The Kier molecular flexibility index (Phi) is 5.98. The van der Waals surface area contributed by atoms with Gasteiger partial charge in [-0.25, -0.2) is 0 Å². The summed E-state index contributed by atoms with van der Waals surface area (Å²) < 4.78 is 7.57. The largest absolute Gasteiger partial charge is 0.495 e. The second kappa shape index (κ2) is 9.21. The van der Waals surface area contributed by atoms with Gasteiger partial charge in [0.15, 0.2) is 5.11 Å². The Morgan fingerprint density at radius 2 is 2.00 bits per heavy atom. The zero-order chi connectivity index (χ0) is 22.8. The highest BCUT2D eigenvalue weighted by molar-refractivity contribution is 7.80. The maximum Gasteiger partial charge on any atom is 0.174 e. The van der Waals surface area contributed by atoms with Gasteiger partial charge in [-0.15, -0.1) is 0 Å². The van der Waals surface area contributed by atoms with Crippen LogP contribution in [0.2, 0.25) is 5.02 Å². The molecular weight excluding hydrogens is 454 g/mol. The van der Waals surface area contributed by atoms with Crippen LogP contribution in [-0.4, -0.2) is 26.8 Å². The molecule has 0 saturated carbocycles. The fourth-order valence-corrected chi connectivity index (χ4v) is 4.86. The van der Waals surface area contributed by atoms with Crippen molar-refractivity contribution in [3.63, 3.8) is 0 Å². The van der Waals surface area contributed by atoms with Crippen molar-refractivity contribution in [2.45, 2.75) is 18.6 Å². The monoisotopic (exact) mass is 475 g/mol. The molecule has 0 amide bonds. The van der Waals surface area contributed by atoms with Crippen LogP contribution in [0, 0.1) is 0 Å². The summed E-state index contributed by atoms with van der Waals surface area (Å²) in [4.78, 5) is 11.0. The van der Waals surface area contributed by atoms with Crippen molar-refractivity contribution in [1.82, 2.24) is 19.9 Å². The lowest BCUT2D eigenvalue weighted by atomic mass is 10.0. The molecule has 0 radical (unpaired) electrons. The molecule has 33 heavy (non-hydrogen) atoms. The number of nitrogens with one attached hydrogen (secondary N) is 1. The number of nitrogens with zero attached hydrogens (tertiary/aromatic N) is 4. The van der Waals surface area contributed by atoms with E-state index in [1.54, 1.807) is 19.5 Å². The molecule has 0 unspecified atom stereocenters. The zero-order valence-corrected chi connectivity index (χ0v) is 19.5. The molecule has 1 N–H and O–H groups in total. The van der Waals surface area contributed by atoms with Crippen molar-refractivity contribution in [3.8, 4) is 5.75 Å². The van der Waals surface area contributed by atoms with Crippen molar-refractivity contribution < 1.29 is 4.74 Å². The van der Waals surface area contributed by atoms with Crippen LogP contribution in [0.15, 0.2) is 85.5 Å². The summed E-state index contributed by atoms with van der Waals surface area (Å²) >= 11 is 12.3. The third kappa shape index (κ3) is 4.17. The highest BCUT2D eigenvalue weighted by Crippen LogP contribution is 2.43. The lowest BCUT2D eigenvalue weighted by Gasteiger charge is -2.29. The van der Waals surface area contributed by atoms with E-state index >= 15 is 0 Å². The number of rotatable bonds is 6. The third-order valence-electron chi connectivity index (χ3n) is 5.76. The number of ether oxygens (including phenoxy) is 1. The SMILES string of the molecule is COc1ccc(N2C(=S)N[C@H](c3ccccn3)[C@H]2c2cccn2Cc2cccnc2)cc1Cl. The number of pyridine rings is 2. The van der Waals surface area contributed by atoms with E-state index in [4.69, 9.17) is 28.6 Å². The second-order valence-electron chi connectivity index (χ2n) is 7.74. The molecule has 4 heterocycles. The topological polar surface area (TPSA) is 55.2 Å². The molecule has 0 bridgehead atoms. The molecule has 8 heteroatoms. The van der Waals surface area contributed by atoms with Gasteiger partial charge < -0.3 is 19.5 Å². The maximum absolute atomic E-state index is 6.48. The average Bonchev–Trinajstić information content (AvgIpc) is 3.43. The first-order chi connectivity index (χ1) is 16.2. The van der Waals surface area contributed by atoms with Gasteiger partial charge >= 0.3 is 0 Å². The van der Waals surface area contributed by atoms with E-state index < -0.39 is 0 Å². The molecule has 2 atom stereocenters. The van der Waals surface area contributed by atoms with Crippen LogP contribution in [-0.2, 0) is 6.54 Å². The van der Waals surface area contributed by atoms with Crippen molar-refractivity contribution in [2.24, 2.45) is 0 Å². The predicted molar refractivity (Wildman–Crippen MR) is 134 cm³/mol. The van der Waals surface area contributed by atoms with Gasteiger partial charge in [0.2, 0.25) is 0 Å². The van der Waals surface area contributed by atoms with Gasteiger partial charge in [0.1, 0.15) is 11.8 Å². The van der Waals surface area contributed by atoms with Crippen molar-refractivity contribution in [2.75, 3.05) is 12.0 Å². The van der Waals surface area contributed by atoms with E-state index in [9.17, 15) is 0 Å². The van der Waals surface area contributed by atoms with Crippen LogP contribution in [0.5, 0.6) is 5.75 Å². The molecule has 0 spiro atoms. The minimum absolute atomic E-state index is 0.136. The summed E-state index contributed by atoms with van der Waals surface area (Å²) in [5.74, 6) is 0.622. The Morgan fingerprint density at radius 3 is 2.73 bits per heavy atom. The molecule has 1 aliphatic heterocycles. The van der Waals surface area contributed by atoms with Crippen LogP contribution >= 0.6 is 23.8 Å². The molecule has 166 valence electrons. The van der Waals surface area contributed by atoms with E-state index in [1.165, 1.54) is 0 Å². The van der Waals surface area contributed by atoms with Gasteiger partial charge in [0.05, 0.1) is 23.9 Å². The molecule has 1 aliphatic rings. The highest BCUT2D eigenvalue weighted by Gasteiger charge is 2.42. The number of benzene rings is 1. The van der Waals surface area contributed by atoms with Crippen LogP contribution in [0.1, 0.15) is 29.0 Å². The van der Waals surface area contributed by atoms with Gasteiger partial charge in [-0.3, -0.25) is 9.97 Å². The first-order valence-corrected chi connectivity index (χ1v) is 11.3. The minimum atomic E-state index is -0.137. The van der Waals surface area contributed by atoms with Gasteiger partial charge in [-0.2, -0.15) is 0 Å². The maximum atomic E-state index is 6.48. The summed E-state index contributed by atoms with van der Waals surface area (Å²) in [5.41, 5.74) is 4.03. The van der Waals surface area contributed by atoms with Crippen LogP contribution in [0.25, 0.3) is 0 Å². The molecule has 4 aromatic rings. The fourth-order valence-electron chi connectivity index (χ4n) is 4.27. The summed E-state index contributed by atoms with van der Waals surface area (Å²) in [6, 6.07) is 19.6. The number of thiocarbonyl (C=S) groups is 1. The predicted octanol–water partition coefficient (Wildman–Crippen LogP) is 5.17. The molecule has 6 nitrogen and oxygen atoms in total. The summed E-state index contributed by atoms with van der Waals surface area (Å²) in [6.07, 6.45) is 7.56. The molecule has 5 rings (SSSR count). The van der Waals surface area contributed by atoms with E-state index in [0.29, 0.717) is 22.4 Å². The number of hydrogen-bond acceptors (Lipinski definition) is 4. The molecule has 0 aliphatic carbocycles. The van der Waals surface area contributed by atoms with E-state index in [-0.39, 0.29) is 12.1 Å². The Hall–Kier alpha value is -3.42. The fraction of sp³-hybridized carbons (Fsp3) is 0.160. The summed E-state index contributed by atoms with van der Waals surface area (Å²) in [7, 11) is 1.61. The average molecular weight is 476 g/mol. The first-order valence-electron chi connectivity index (χ1n) is 10.5. The lowest BCUT2D eigenvalue weighted by molar-refractivity contribution is 0.415. The Labute approximate surface area is 202 Å². The van der Waals surface area contributed by atoms with Crippen LogP contribution in [0.4, 0.5) is 5.69 Å². The standard InChI is InChI=1S/C25H22ClN5OS/c1-32-22-10-9-18(14-19(22)26)31-24(23(29-25(31)33)20-7-2-3-12-28-20)21-8-5-13-30(21)16-17-6-4-11-27-15-17/h2-15,23-24H,16H2,1H3,(H,29,33)/t23-,24-/m1/s1. The van der Waals surface area contributed by atoms with Crippen molar-refractivity contribution >= 4 is 34.6 Å². The minimum Gasteiger partial charge on any atom is -0.495 e. The van der Waals surface area contributed by atoms with E-state index in [0.717, 1.165) is 22.6 Å². The molecule has 3 aromatic heterocycles. The van der Waals surface area contributed by atoms with Crippen LogP contribution in [0.3, 0.4) is 0 Å². The summed E-state index contributed by atoms with van der Waals surface area (Å²) in [6.45, 7) is 0.700. The van der Waals surface area contributed by atoms with Crippen molar-refractivity contribution in [3.05, 3.63) is 107 Å². The summed E-state index contributed by atoms with van der Waals surface area (Å²) in [5, 5.41) is 4.64. The molecule has 1 aromatic carbocycles. The number of anilines is 1. The van der Waals surface area contributed by atoms with Gasteiger partial charge in [0.25, 0.3) is 0 Å².